The molecule has 0 unspecified atom stereocenters. The second-order valence-corrected chi connectivity index (χ2v) is 8.33. The number of carbonyl (C=O) groups excluding carboxylic acids is 1. The van der Waals surface area contributed by atoms with Gasteiger partial charge in [-0.3, -0.25) is 4.79 Å². The zero-order chi connectivity index (χ0) is 22.8. The fourth-order valence-electron chi connectivity index (χ4n) is 2.56. The molecule has 2 N–H and O–H groups in total. The molecule has 0 saturated heterocycles. The summed E-state index contributed by atoms with van der Waals surface area (Å²) in [5, 5.41) is 8.70. The van der Waals surface area contributed by atoms with E-state index in [1.807, 2.05) is 0 Å². The van der Waals surface area contributed by atoms with Crippen LogP contribution in [0.2, 0.25) is 0 Å². The van der Waals surface area contributed by atoms with Crippen molar-refractivity contribution in [3.63, 3.8) is 0 Å². The molecule has 3 aromatic rings. The summed E-state index contributed by atoms with van der Waals surface area (Å²) < 4.78 is 65.3. The molecule has 14 heteroatoms. The van der Waals surface area contributed by atoms with Crippen molar-refractivity contribution in [2.24, 2.45) is 0 Å². The zero-order valence-electron chi connectivity index (χ0n) is 16.2. The van der Waals surface area contributed by atoms with Gasteiger partial charge in [0.05, 0.1) is 21.9 Å². The van der Waals surface area contributed by atoms with Crippen LogP contribution in [0.25, 0.3) is 5.82 Å². The molecule has 0 aliphatic heterocycles. The highest BCUT2D eigenvalue weighted by molar-refractivity contribution is 7.91. The van der Waals surface area contributed by atoms with Gasteiger partial charge >= 0.3 is 6.18 Å². The van der Waals surface area contributed by atoms with E-state index >= 15 is 0 Å². The monoisotopic (exact) mass is 455 g/mol. The SMILES string of the molecule is CCS(=O)(=O)c1ccc(-n2cncn2)nc1C(=O)Nc1cc(C(F)(F)F)cnc1NC. The zero-order valence-corrected chi connectivity index (χ0v) is 17.0. The van der Waals surface area contributed by atoms with Crippen molar-refractivity contribution in [1.82, 2.24) is 24.7 Å². The lowest BCUT2D eigenvalue weighted by Gasteiger charge is -2.15. The Balaban J connectivity index is 2.09. The van der Waals surface area contributed by atoms with Crippen molar-refractivity contribution in [2.75, 3.05) is 23.4 Å². The standard InChI is InChI=1S/C17H16F3N7O3S/c1-3-31(29,30)12-4-5-13(27-9-22-8-24-27)26-14(12)16(28)25-11-6-10(17(18,19)20)7-23-15(11)21-2/h4-9H,3H2,1-2H3,(H,21,23)(H,25,28). The van der Waals surface area contributed by atoms with E-state index in [1.165, 1.54) is 43.4 Å². The predicted molar refractivity (Wildman–Crippen MR) is 104 cm³/mol. The Morgan fingerprint density at radius 3 is 2.58 bits per heavy atom. The van der Waals surface area contributed by atoms with Gasteiger partial charge in [-0.1, -0.05) is 6.92 Å². The highest BCUT2D eigenvalue weighted by Gasteiger charge is 2.32. The molecule has 0 bridgehead atoms. The van der Waals surface area contributed by atoms with Crippen LogP contribution in [0.3, 0.4) is 0 Å². The molecule has 0 aliphatic rings. The number of nitrogens with one attached hydrogen (secondary N) is 2. The lowest BCUT2D eigenvalue weighted by Crippen LogP contribution is -2.21. The molecular weight excluding hydrogens is 439 g/mol. The van der Waals surface area contributed by atoms with Crippen LogP contribution in [0.15, 0.2) is 41.9 Å². The topological polar surface area (TPSA) is 132 Å². The number of hydrogen-bond acceptors (Lipinski definition) is 8. The van der Waals surface area contributed by atoms with Crippen LogP contribution < -0.4 is 10.6 Å². The second kappa shape index (κ2) is 8.29. The fraction of sp³-hybridized carbons (Fsp3) is 0.235. The van der Waals surface area contributed by atoms with Gasteiger partial charge in [-0.05, 0) is 18.2 Å². The highest BCUT2D eigenvalue weighted by Crippen LogP contribution is 2.33. The maximum absolute atomic E-state index is 13.1. The van der Waals surface area contributed by atoms with Crippen LogP contribution >= 0.6 is 0 Å². The van der Waals surface area contributed by atoms with Gasteiger partial charge in [-0.15, -0.1) is 0 Å². The van der Waals surface area contributed by atoms with Crippen LogP contribution in [0.1, 0.15) is 23.0 Å². The average molecular weight is 455 g/mol. The molecule has 164 valence electrons. The molecule has 3 rings (SSSR count). The Morgan fingerprint density at radius 1 is 1.26 bits per heavy atom. The van der Waals surface area contributed by atoms with Gasteiger partial charge in [-0.2, -0.15) is 18.3 Å². The van der Waals surface area contributed by atoms with E-state index in [-0.39, 0.29) is 28.0 Å². The van der Waals surface area contributed by atoms with E-state index in [2.05, 4.69) is 30.7 Å². The molecule has 1 amide bonds. The first-order chi connectivity index (χ1) is 14.6. The number of halogens is 3. The van der Waals surface area contributed by atoms with Crippen LogP contribution in [-0.4, -0.2) is 51.9 Å². The molecule has 10 nitrogen and oxygen atoms in total. The molecule has 0 spiro atoms. The minimum Gasteiger partial charge on any atom is -0.371 e. The summed E-state index contributed by atoms with van der Waals surface area (Å²) in [6.07, 6.45) is -1.59. The van der Waals surface area contributed by atoms with E-state index in [1.54, 1.807) is 0 Å². The Bertz CT molecular complexity index is 1210. The Morgan fingerprint density at radius 2 is 2.00 bits per heavy atom. The van der Waals surface area contributed by atoms with Crippen molar-refractivity contribution in [2.45, 2.75) is 18.0 Å². The molecular formula is C17H16F3N7O3S. The van der Waals surface area contributed by atoms with E-state index in [9.17, 15) is 26.4 Å². The Labute approximate surface area is 174 Å². The van der Waals surface area contributed by atoms with Crippen LogP contribution in [0.4, 0.5) is 24.7 Å². The number of amides is 1. The van der Waals surface area contributed by atoms with E-state index in [0.717, 1.165) is 0 Å². The maximum Gasteiger partial charge on any atom is 0.417 e. The van der Waals surface area contributed by atoms with Crippen LogP contribution in [0, 0.1) is 0 Å². The predicted octanol–water partition coefficient (Wildman–Crippen LogP) is 2.16. The van der Waals surface area contributed by atoms with Gasteiger partial charge in [0.2, 0.25) is 0 Å². The quantitative estimate of drug-likeness (QED) is 0.578. The number of carbonyl (C=O) groups is 1. The molecule has 0 atom stereocenters. The minimum absolute atomic E-state index is 0.0475. The number of pyridine rings is 2. The van der Waals surface area contributed by atoms with Gasteiger partial charge in [0.1, 0.15) is 24.2 Å². The third kappa shape index (κ3) is 4.63. The van der Waals surface area contributed by atoms with Gasteiger partial charge in [0, 0.05) is 13.2 Å². The third-order valence-corrected chi connectivity index (χ3v) is 5.89. The second-order valence-electron chi connectivity index (χ2n) is 6.08. The number of sulfone groups is 1. The Hall–Kier alpha value is -3.55. The van der Waals surface area contributed by atoms with Crippen LogP contribution in [0.5, 0.6) is 0 Å². The lowest BCUT2D eigenvalue weighted by atomic mass is 10.2. The average Bonchev–Trinajstić information content (AvgIpc) is 3.27. The van der Waals surface area contributed by atoms with Crippen molar-refractivity contribution < 1.29 is 26.4 Å². The third-order valence-electron chi connectivity index (χ3n) is 4.13. The van der Waals surface area contributed by atoms with Crippen molar-refractivity contribution in [3.8, 4) is 5.82 Å². The molecule has 3 heterocycles. The maximum atomic E-state index is 13.1. The summed E-state index contributed by atoms with van der Waals surface area (Å²) in [7, 11) is -2.47. The van der Waals surface area contributed by atoms with Gasteiger partial charge in [0.15, 0.2) is 15.7 Å². The van der Waals surface area contributed by atoms with E-state index in [0.29, 0.717) is 12.3 Å². The van der Waals surface area contributed by atoms with Crippen molar-refractivity contribution in [1.29, 1.82) is 0 Å². The summed E-state index contributed by atoms with van der Waals surface area (Å²) in [5.41, 5.74) is -1.89. The number of anilines is 2. The normalized spacial score (nSPS) is 11.9. The highest BCUT2D eigenvalue weighted by atomic mass is 32.2. The smallest absolute Gasteiger partial charge is 0.371 e. The Kier molecular flexibility index (Phi) is 5.92. The first-order valence-electron chi connectivity index (χ1n) is 8.72. The number of rotatable bonds is 6. The van der Waals surface area contributed by atoms with E-state index < -0.39 is 33.2 Å². The summed E-state index contributed by atoms with van der Waals surface area (Å²) in [4.78, 5) is 24.0. The first kappa shape index (κ1) is 22.1. The molecule has 31 heavy (non-hydrogen) atoms. The van der Waals surface area contributed by atoms with Gasteiger partial charge in [0.25, 0.3) is 5.91 Å². The molecule has 3 aromatic heterocycles. The summed E-state index contributed by atoms with van der Waals surface area (Å²) >= 11 is 0. The first-order valence-corrected chi connectivity index (χ1v) is 10.4. The molecule has 0 radical (unpaired) electrons. The summed E-state index contributed by atoms with van der Waals surface area (Å²) in [5.74, 6) is -1.31. The van der Waals surface area contributed by atoms with Crippen LogP contribution in [-0.2, 0) is 16.0 Å². The largest absolute Gasteiger partial charge is 0.417 e. The minimum atomic E-state index is -4.69. The number of nitrogens with zero attached hydrogens (tertiary/aromatic N) is 5. The summed E-state index contributed by atoms with van der Waals surface area (Å²) in [6, 6.07) is 3.20. The summed E-state index contributed by atoms with van der Waals surface area (Å²) in [6.45, 7) is 1.39. The van der Waals surface area contributed by atoms with Gasteiger partial charge < -0.3 is 10.6 Å². The number of alkyl halides is 3. The molecule has 0 aromatic carbocycles. The van der Waals surface area contributed by atoms with Crippen molar-refractivity contribution >= 4 is 27.2 Å². The number of aromatic nitrogens is 5. The number of hydrogen-bond donors (Lipinski definition) is 2. The van der Waals surface area contributed by atoms with Gasteiger partial charge in [-0.25, -0.2) is 28.1 Å². The lowest BCUT2D eigenvalue weighted by molar-refractivity contribution is -0.137. The fourth-order valence-corrected chi connectivity index (χ4v) is 3.57. The van der Waals surface area contributed by atoms with E-state index in [4.69, 9.17) is 0 Å². The van der Waals surface area contributed by atoms with Crippen molar-refractivity contribution in [3.05, 3.63) is 48.3 Å². The molecule has 0 saturated carbocycles. The molecule has 0 fully saturated rings. The molecule has 0 aliphatic carbocycles.